The minimum absolute atomic E-state index is 0.135. The molecular weight excluding hydrogens is 506 g/mol. The number of aryl methyl sites for hydroxylation is 1. The molecule has 2 bridgehead atoms. The standard InChI is InChI=1S/C32H34F2N6/c33-25-8-2-6-20-5-1-7-23(27(20)25)29-28(34)30-24(17-35-29)31(39-18-21-9-10-22(19-39)36-21)38-26(37-30)11-14-32-12-3-15-40(32)16-4-13-32/h1-2,5-8,17,21-22,36H,3-4,9-16,18-19H2. The monoisotopic (exact) mass is 540 g/mol. The fraction of sp³-hybridized carbons (Fsp3) is 0.469. The van der Waals surface area contributed by atoms with Gasteiger partial charge in [-0.1, -0.05) is 30.3 Å². The SMILES string of the molecule is Fc1c(-c2cccc3cccc(F)c23)ncc2c(N3CC4CCC(C3)N4)nc(CCC34CCCN3CCC4)nc12. The van der Waals surface area contributed by atoms with Gasteiger partial charge in [-0.25, -0.2) is 18.7 Å². The number of aromatic nitrogens is 3. The van der Waals surface area contributed by atoms with Crippen molar-refractivity contribution in [3.63, 3.8) is 0 Å². The Kier molecular flexibility index (Phi) is 5.78. The molecule has 2 aromatic heterocycles. The summed E-state index contributed by atoms with van der Waals surface area (Å²) >= 11 is 0. The topological polar surface area (TPSA) is 57.2 Å². The number of nitrogens with one attached hydrogen (secondary N) is 1. The Morgan fingerprint density at radius 3 is 2.48 bits per heavy atom. The third-order valence-electron chi connectivity index (χ3n) is 9.96. The van der Waals surface area contributed by atoms with Gasteiger partial charge in [0.2, 0.25) is 0 Å². The molecule has 8 rings (SSSR count). The minimum atomic E-state index is -0.502. The number of pyridine rings is 1. The highest BCUT2D eigenvalue weighted by Gasteiger charge is 2.43. The van der Waals surface area contributed by atoms with Crippen LogP contribution in [0, 0.1) is 11.6 Å². The van der Waals surface area contributed by atoms with Crippen LogP contribution in [0.25, 0.3) is 32.9 Å². The molecule has 0 saturated carbocycles. The quantitative estimate of drug-likeness (QED) is 0.354. The Hall–Kier alpha value is -3.23. The summed E-state index contributed by atoms with van der Waals surface area (Å²) in [5, 5.41) is 5.42. The van der Waals surface area contributed by atoms with Crippen LogP contribution < -0.4 is 10.2 Å². The molecule has 0 aliphatic carbocycles. The van der Waals surface area contributed by atoms with E-state index in [0.29, 0.717) is 34.2 Å². The molecule has 2 atom stereocenters. The van der Waals surface area contributed by atoms with E-state index in [1.807, 2.05) is 18.2 Å². The van der Waals surface area contributed by atoms with Crippen LogP contribution in [-0.4, -0.2) is 63.7 Å². The number of halogens is 2. The van der Waals surface area contributed by atoms with Crippen molar-refractivity contribution >= 4 is 27.5 Å². The second kappa shape index (κ2) is 9.42. The molecule has 0 amide bonds. The number of anilines is 1. The van der Waals surface area contributed by atoms with Gasteiger partial charge in [0.1, 0.15) is 28.7 Å². The van der Waals surface area contributed by atoms with Crippen LogP contribution in [0.4, 0.5) is 14.6 Å². The lowest BCUT2D eigenvalue weighted by molar-refractivity contribution is 0.182. The molecular formula is C32H34F2N6. The summed E-state index contributed by atoms with van der Waals surface area (Å²) in [4.78, 5) is 19.5. The van der Waals surface area contributed by atoms with Crippen molar-refractivity contribution in [3.05, 3.63) is 60.1 Å². The first-order chi connectivity index (χ1) is 19.6. The van der Waals surface area contributed by atoms with Crippen LogP contribution in [0.1, 0.15) is 50.8 Å². The van der Waals surface area contributed by atoms with E-state index < -0.39 is 5.82 Å². The minimum Gasteiger partial charge on any atom is -0.353 e. The molecule has 4 aliphatic heterocycles. The van der Waals surface area contributed by atoms with Crippen LogP contribution in [-0.2, 0) is 6.42 Å². The molecule has 0 radical (unpaired) electrons. The van der Waals surface area contributed by atoms with E-state index in [9.17, 15) is 4.39 Å². The summed E-state index contributed by atoms with van der Waals surface area (Å²) in [6.07, 6.45) is 10.7. The molecule has 1 N–H and O–H groups in total. The van der Waals surface area contributed by atoms with Crippen molar-refractivity contribution in [2.45, 2.75) is 69.0 Å². The van der Waals surface area contributed by atoms with Crippen molar-refractivity contribution in [2.24, 2.45) is 0 Å². The van der Waals surface area contributed by atoms with Gasteiger partial charge in [0.05, 0.1) is 5.39 Å². The molecule has 2 aromatic carbocycles. The summed E-state index contributed by atoms with van der Waals surface area (Å²) in [5.41, 5.74) is 1.12. The maximum absolute atomic E-state index is 16.5. The predicted octanol–water partition coefficient (Wildman–Crippen LogP) is 5.62. The van der Waals surface area contributed by atoms with E-state index in [4.69, 9.17) is 9.97 Å². The number of hydrogen-bond acceptors (Lipinski definition) is 6. The van der Waals surface area contributed by atoms with Crippen LogP contribution in [0.15, 0.2) is 42.6 Å². The maximum atomic E-state index is 16.5. The fourth-order valence-electron chi connectivity index (χ4n) is 8.07. The first-order valence-corrected chi connectivity index (χ1v) is 14.9. The van der Waals surface area contributed by atoms with Crippen LogP contribution >= 0.6 is 0 Å². The zero-order chi connectivity index (χ0) is 26.8. The van der Waals surface area contributed by atoms with Crippen LogP contribution in [0.3, 0.4) is 0 Å². The smallest absolute Gasteiger partial charge is 0.175 e. The molecule has 40 heavy (non-hydrogen) atoms. The van der Waals surface area contributed by atoms with Gasteiger partial charge in [-0.3, -0.25) is 9.88 Å². The Balaban J connectivity index is 1.25. The normalized spacial score (nSPS) is 23.9. The summed E-state index contributed by atoms with van der Waals surface area (Å²) < 4.78 is 31.5. The van der Waals surface area contributed by atoms with E-state index >= 15 is 4.39 Å². The van der Waals surface area contributed by atoms with Crippen LogP contribution in [0.2, 0.25) is 0 Å². The Morgan fingerprint density at radius 2 is 1.70 bits per heavy atom. The molecule has 4 aromatic rings. The van der Waals surface area contributed by atoms with E-state index in [1.165, 1.54) is 44.8 Å². The third-order valence-corrected chi connectivity index (χ3v) is 9.96. The third kappa shape index (κ3) is 3.90. The Labute approximate surface area is 232 Å². The van der Waals surface area contributed by atoms with Crippen molar-refractivity contribution in [1.82, 2.24) is 25.2 Å². The molecule has 8 heteroatoms. The van der Waals surface area contributed by atoms with Gasteiger partial charge >= 0.3 is 0 Å². The van der Waals surface area contributed by atoms with Gasteiger partial charge in [0.25, 0.3) is 0 Å². The number of piperazine rings is 1. The lowest BCUT2D eigenvalue weighted by Gasteiger charge is -2.35. The van der Waals surface area contributed by atoms with Gasteiger partial charge in [-0.2, -0.15) is 0 Å². The van der Waals surface area contributed by atoms with Gasteiger partial charge < -0.3 is 10.2 Å². The zero-order valence-electron chi connectivity index (χ0n) is 22.7. The highest BCUT2D eigenvalue weighted by molar-refractivity contribution is 5.99. The number of nitrogens with zero attached hydrogens (tertiary/aromatic N) is 5. The number of hydrogen-bond donors (Lipinski definition) is 1. The summed E-state index contributed by atoms with van der Waals surface area (Å²) in [5.74, 6) is 0.596. The fourth-order valence-corrected chi connectivity index (χ4v) is 8.07. The van der Waals surface area contributed by atoms with Gasteiger partial charge in [-0.15, -0.1) is 0 Å². The van der Waals surface area contributed by atoms with E-state index in [2.05, 4.69) is 20.1 Å². The summed E-state index contributed by atoms with van der Waals surface area (Å²) in [7, 11) is 0. The molecule has 206 valence electrons. The number of benzene rings is 2. The molecule has 2 unspecified atom stereocenters. The first-order valence-electron chi connectivity index (χ1n) is 14.9. The van der Waals surface area contributed by atoms with Gasteiger partial charge in [0, 0.05) is 54.3 Å². The molecule has 4 saturated heterocycles. The maximum Gasteiger partial charge on any atom is 0.175 e. The second-order valence-electron chi connectivity index (χ2n) is 12.3. The lowest BCUT2D eigenvalue weighted by Crippen LogP contribution is -2.51. The van der Waals surface area contributed by atoms with Crippen molar-refractivity contribution in [1.29, 1.82) is 0 Å². The average molecular weight is 541 g/mol. The van der Waals surface area contributed by atoms with Crippen molar-refractivity contribution in [3.8, 4) is 11.3 Å². The summed E-state index contributed by atoms with van der Waals surface area (Å²) in [6, 6.07) is 11.2. The van der Waals surface area contributed by atoms with Crippen molar-refractivity contribution in [2.75, 3.05) is 31.1 Å². The highest BCUT2D eigenvalue weighted by Crippen LogP contribution is 2.42. The zero-order valence-corrected chi connectivity index (χ0v) is 22.7. The Morgan fingerprint density at radius 1 is 0.950 bits per heavy atom. The van der Waals surface area contributed by atoms with Gasteiger partial charge in [0.15, 0.2) is 5.82 Å². The van der Waals surface area contributed by atoms with Gasteiger partial charge in [-0.05, 0) is 69.5 Å². The number of fused-ring (bicyclic) bond motifs is 5. The Bertz CT molecular complexity index is 1600. The highest BCUT2D eigenvalue weighted by atomic mass is 19.1. The van der Waals surface area contributed by atoms with E-state index in [-0.39, 0.29) is 22.6 Å². The molecule has 0 spiro atoms. The van der Waals surface area contributed by atoms with Crippen molar-refractivity contribution < 1.29 is 8.78 Å². The molecule has 4 fully saturated rings. The summed E-state index contributed by atoms with van der Waals surface area (Å²) in [6.45, 7) is 4.05. The molecule has 6 nitrogen and oxygen atoms in total. The molecule has 6 heterocycles. The molecule has 4 aliphatic rings. The first kappa shape index (κ1) is 24.6. The lowest BCUT2D eigenvalue weighted by atomic mass is 9.88. The van der Waals surface area contributed by atoms with E-state index in [1.54, 1.807) is 18.3 Å². The van der Waals surface area contributed by atoms with E-state index in [0.717, 1.165) is 50.0 Å². The number of rotatable bonds is 5. The largest absolute Gasteiger partial charge is 0.353 e. The predicted molar refractivity (Wildman–Crippen MR) is 153 cm³/mol. The van der Waals surface area contributed by atoms with Crippen LogP contribution in [0.5, 0.6) is 0 Å². The average Bonchev–Trinajstić information content (AvgIpc) is 3.65. The second-order valence-corrected chi connectivity index (χ2v) is 12.3.